The number of ketones is 1. The Labute approximate surface area is 128 Å². The predicted octanol–water partition coefficient (Wildman–Crippen LogP) is 4.03. The molecule has 3 nitrogen and oxygen atoms in total. The van der Waals surface area contributed by atoms with E-state index in [2.05, 4.69) is 0 Å². The smallest absolute Gasteiger partial charge is 0.167 e. The lowest BCUT2D eigenvalue weighted by Crippen LogP contribution is -2.49. The molecule has 1 aliphatic heterocycles. The number of hydrogen-bond donors (Lipinski definition) is 0. The molecule has 1 atom stereocenters. The third-order valence-corrected chi connectivity index (χ3v) is 5.91. The Kier molecular flexibility index (Phi) is 4.70. The molecule has 3 heteroatoms. The van der Waals surface area contributed by atoms with Crippen molar-refractivity contribution >= 4 is 5.78 Å². The minimum absolute atomic E-state index is 0.0167. The zero-order valence-electron chi connectivity index (χ0n) is 13.5. The van der Waals surface area contributed by atoms with E-state index >= 15 is 0 Å². The van der Waals surface area contributed by atoms with Crippen molar-refractivity contribution in [2.45, 2.75) is 88.8 Å². The Morgan fingerprint density at radius 2 is 1.76 bits per heavy atom. The van der Waals surface area contributed by atoms with Gasteiger partial charge in [-0.2, -0.15) is 0 Å². The van der Waals surface area contributed by atoms with Gasteiger partial charge in [-0.15, -0.1) is 0 Å². The first-order valence-electron chi connectivity index (χ1n) is 9.02. The van der Waals surface area contributed by atoms with Crippen molar-refractivity contribution in [1.82, 2.24) is 0 Å². The van der Waals surface area contributed by atoms with Crippen LogP contribution in [0.1, 0.15) is 77.6 Å². The van der Waals surface area contributed by atoms with E-state index in [-0.39, 0.29) is 11.5 Å². The normalized spacial score (nSPS) is 31.4. The van der Waals surface area contributed by atoms with Crippen molar-refractivity contribution in [3.8, 4) is 0 Å². The highest BCUT2D eigenvalue weighted by Gasteiger charge is 2.48. The van der Waals surface area contributed by atoms with Crippen LogP contribution in [0.25, 0.3) is 0 Å². The van der Waals surface area contributed by atoms with Crippen LogP contribution in [0.4, 0.5) is 0 Å². The van der Waals surface area contributed by atoms with Gasteiger partial charge < -0.3 is 9.47 Å². The van der Waals surface area contributed by atoms with E-state index in [0.717, 1.165) is 58.0 Å². The molecule has 0 N–H and O–H groups in total. The molecule has 3 aliphatic rings. The number of carbonyl (C=O) groups excluding carboxylic acids is 1. The van der Waals surface area contributed by atoms with Crippen molar-refractivity contribution in [1.29, 1.82) is 0 Å². The van der Waals surface area contributed by atoms with Crippen molar-refractivity contribution in [3.05, 3.63) is 0 Å². The lowest BCUT2D eigenvalue weighted by Gasteiger charge is -2.44. The fourth-order valence-electron chi connectivity index (χ4n) is 4.85. The van der Waals surface area contributed by atoms with Crippen LogP contribution in [0, 0.1) is 5.92 Å². The van der Waals surface area contributed by atoms with Crippen LogP contribution in [0.2, 0.25) is 0 Å². The molecule has 0 bridgehead atoms. The summed E-state index contributed by atoms with van der Waals surface area (Å²) in [5.41, 5.74) is -0.435. The summed E-state index contributed by atoms with van der Waals surface area (Å²) in [7, 11) is 0. The van der Waals surface area contributed by atoms with Gasteiger partial charge in [-0.25, -0.2) is 0 Å². The zero-order chi connectivity index (χ0) is 14.8. The number of hydrogen-bond acceptors (Lipinski definition) is 3. The average molecular weight is 294 g/mol. The molecule has 2 aliphatic carbocycles. The summed E-state index contributed by atoms with van der Waals surface area (Å²) in [6, 6.07) is 0. The number of carbonyl (C=O) groups is 1. The van der Waals surface area contributed by atoms with Crippen LogP contribution in [0.3, 0.4) is 0 Å². The molecule has 3 rings (SSSR count). The van der Waals surface area contributed by atoms with Crippen LogP contribution < -0.4 is 0 Å². The quantitative estimate of drug-likeness (QED) is 0.785. The van der Waals surface area contributed by atoms with Gasteiger partial charge in [-0.3, -0.25) is 4.79 Å². The summed E-state index contributed by atoms with van der Waals surface area (Å²) in [5, 5.41) is 0. The maximum Gasteiger partial charge on any atom is 0.167 e. The van der Waals surface area contributed by atoms with Gasteiger partial charge in [-0.1, -0.05) is 19.3 Å². The van der Waals surface area contributed by atoms with E-state index in [9.17, 15) is 4.79 Å². The molecular weight excluding hydrogens is 264 g/mol. The summed E-state index contributed by atoms with van der Waals surface area (Å²) in [6.07, 6.45) is 12.1. The maximum absolute atomic E-state index is 13.2. The van der Waals surface area contributed by atoms with Gasteiger partial charge in [0.1, 0.15) is 5.60 Å². The van der Waals surface area contributed by atoms with Gasteiger partial charge in [0, 0.05) is 19.1 Å². The molecular formula is C18H30O3. The first-order chi connectivity index (χ1) is 10.2. The van der Waals surface area contributed by atoms with Gasteiger partial charge in [-0.05, 0) is 58.3 Å². The molecule has 0 radical (unpaired) electrons. The second kappa shape index (κ2) is 6.37. The average Bonchev–Trinajstić information content (AvgIpc) is 2.97. The standard InChI is InChI=1S/C18H30O3/c1-2-20-18(11-6-7-12-18)16(19)15-8-13-21-17(14-15)9-4-3-5-10-17/h15H,2-14H2,1H3. The summed E-state index contributed by atoms with van der Waals surface area (Å²) >= 11 is 0. The molecule has 1 saturated heterocycles. The van der Waals surface area contributed by atoms with Gasteiger partial charge in [0.15, 0.2) is 5.78 Å². The molecule has 1 spiro atoms. The summed E-state index contributed by atoms with van der Waals surface area (Å²) in [5.74, 6) is 0.566. The second-order valence-electron chi connectivity index (χ2n) is 7.28. The molecule has 2 saturated carbocycles. The Balaban J connectivity index is 1.71. The Hall–Kier alpha value is -0.410. The zero-order valence-corrected chi connectivity index (χ0v) is 13.5. The van der Waals surface area contributed by atoms with E-state index in [1.54, 1.807) is 0 Å². The van der Waals surface area contributed by atoms with Crippen molar-refractivity contribution in [2.24, 2.45) is 5.92 Å². The predicted molar refractivity (Wildman–Crippen MR) is 82.3 cm³/mol. The fraction of sp³-hybridized carbons (Fsp3) is 0.944. The van der Waals surface area contributed by atoms with Crippen LogP contribution in [-0.2, 0) is 14.3 Å². The largest absolute Gasteiger partial charge is 0.375 e. The van der Waals surface area contributed by atoms with E-state index in [4.69, 9.17) is 9.47 Å². The third kappa shape index (κ3) is 3.05. The summed E-state index contributed by atoms with van der Waals surface area (Å²) in [6.45, 7) is 3.43. The number of ether oxygens (including phenoxy) is 2. The van der Waals surface area contributed by atoms with Crippen molar-refractivity contribution in [2.75, 3.05) is 13.2 Å². The van der Waals surface area contributed by atoms with Crippen LogP contribution in [0.5, 0.6) is 0 Å². The molecule has 0 aromatic rings. The number of Topliss-reactive ketones (excluding diaryl/α,β-unsaturated/α-hetero) is 1. The van der Waals surface area contributed by atoms with Crippen molar-refractivity contribution in [3.63, 3.8) is 0 Å². The summed E-state index contributed by atoms with van der Waals surface area (Å²) in [4.78, 5) is 13.2. The minimum Gasteiger partial charge on any atom is -0.375 e. The van der Waals surface area contributed by atoms with E-state index in [1.165, 1.54) is 19.3 Å². The molecule has 0 amide bonds. The van der Waals surface area contributed by atoms with Crippen LogP contribution in [-0.4, -0.2) is 30.2 Å². The number of rotatable bonds is 4. The first-order valence-corrected chi connectivity index (χ1v) is 9.02. The molecule has 3 fully saturated rings. The van der Waals surface area contributed by atoms with Gasteiger partial charge in [0.05, 0.1) is 5.60 Å². The van der Waals surface area contributed by atoms with Gasteiger partial charge in [0.2, 0.25) is 0 Å². The Morgan fingerprint density at radius 1 is 1.10 bits per heavy atom. The molecule has 1 unspecified atom stereocenters. The minimum atomic E-state index is -0.452. The Bertz CT molecular complexity index is 359. The van der Waals surface area contributed by atoms with E-state index in [1.807, 2.05) is 6.92 Å². The highest BCUT2D eigenvalue weighted by molar-refractivity contribution is 5.90. The fourth-order valence-corrected chi connectivity index (χ4v) is 4.85. The molecule has 21 heavy (non-hydrogen) atoms. The monoisotopic (exact) mass is 294 g/mol. The first kappa shape index (κ1) is 15.5. The molecule has 0 aromatic heterocycles. The lowest BCUT2D eigenvalue weighted by molar-refractivity contribution is -0.162. The van der Waals surface area contributed by atoms with Crippen LogP contribution >= 0.6 is 0 Å². The van der Waals surface area contributed by atoms with E-state index in [0.29, 0.717) is 12.4 Å². The highest BCUT2D eigenvalue weighted by Crippen LogP contribution is 2.44. The molecule has 1 heterocycles. The molecule has 0 aromatic carbocycles. The maximum atomic E-state index is 13.2. The lowest BCUT2D eigenvalue weighted by atomic mass is 9.72. The third-order valence-electron chi connectivity index (χ3n) is 5.91. The van der Waals surface area contributed by atoms with Crippen LogP contribution in [0.15, 0.2) is 0 Å². The van der Waals surface area contributed by atoms with Gasteiger partial charge >= 0.3 is 0 Å². The van der Waals surface area contributed by atoms with E-state index < -0.39 is 5.60 Å². The topological polar surface area (TPSA) is 35.5 Å². The Morgan fingerprint density at radius 3 is 2.43 bits per heavy atom. The summed E-state index contributed by atoms with van der Waals surface area (Å²) < 4.78 is 12.1. The highest BCUT2D eigenvalue weighted by atomic mass is 16.5. The molecule has 120 valence electrons. The SMILES string of the molecule is CCOC1(C(=O)C2CCOC3(CCCCC3)C2)CCCC1. The second-order valence-corrected chi connectivity index (χ2v) is 7.28. The van der Waals surface area contributed by atoms with Gasteiger partial charge in [0.25, 0.3) is 0 Å². The van der Waals surface area contributed by atoms with Crippen molar-refractivity contribution < 1.29 is 14.3 Å².